The number of nitrogens with one attached hydrogen (secondary N) is 1. The maximum absolute atomic E-state index is 12.1. The summed E-state index contributed by atoms with van der Waals surface area (Å²) < 4.78 is 10.7. The second kappa shape index (κ2) is 8.09. The third-order valence-corrected chi connectivity index (χ3v) is 4.89. The number of hydrogen-bond donors (Lipinski definition) is 1. The number of ether oxygens (including phenoxy) is 1. The van der Waals surface area contributed by atoms with Crippen LogP contribution >= 0.6 is 11.3 Å². The Kier molecular flexibility index (Phi) is 5.62. The van der Waals surface area contributed by atoms with E-state index in [9.17, 15) is 4.79 Å². The second-order valence-electron chi connectivity index (χ2n) is 5.86. The monoisotopic (exact) mass is 372 g/mol. The minimum atomic E-state index is -0.276. The van der Waals surface area contributed by atoms with E-state index in [-0.39, 0.29) is 18.2 Å². The van der Waals surface area contributed by atoms with Gasteiger partial charge in [-0.2, -0.15) is 0 Å². The van der Waals surface area contributed by atoms with Crippen molar-refractivity contribution in [1.82, 2.24) is 20.4 Å². The fourth-order valence-electron chi connectivity index (χ4n) is 2.20. The highest BCUT2D eigenvalue weighted by Gasteiger charge is 2.13. The van der Waals surface area contributed by atoms with Crippen molar-refractivity contribution in [3.8, 4) is 5.75 Å². The lowest BCUT2D eigenvalue weighted by atomic mass is 10.3. The third kappa shape index (κ3) is 4.66. The van der Waals surface area contributed by atoms with Gasteiger partial charge in [-0.05, 0) is 32.9 Å². The SMILES string of the molecule is Cc1ccc(OCc2cc(C(=O)NCCc3nc(C)c(C)s3)no2)cn1. The molecule has 3 aromatic rings. The van der Waals surface area contributed by atoms with Gasteiger partial charge in [-0.25, -0.2) is 4.98 Å². The van der Waals surface area contributed by atoms with Gasteiger partial charge in [0.2, 0.25) is 0 Å². The topological polar surface area (TPSA) is 90.1 Å². The van der Waals surface area contributed by atoms with Crippen molar-refractivity contribution in [1.29, 1.82) is 0 Å². The number of pyridine rings is 1. The van der Waals surface area contributed by atoms with Crippen LogP contribution in [0.3, 0.4) is 0 Å². The Morgan fingerprint density at radius 3 is 2.85 bits per heavy atom. The second-order valence-corrected chi connectivity index (χ2v) is 7.15. The fraction of sp³-hybridized carbons (Fsp3) is 0.333. The van der Waals surface area contributed by atoms with Crippen molar-refractivity contribution >= 4 is 17.2 Å². The molecule has 0 aliphatic heterocycles. The van der Waals surface area contributed by atoms with Crippen LogP contribution in [0.25, 0.3) is 0 Å². The summed E-state index contributed by atoms with van der Waals surface area (Å²) >= 11 is 1.65. The van der Waals surface area contributed by atoms with Crippen molar-refractivity contribution in [2.24, 2.45) is 0 Å². The molecule has 0 unspecified atom stereocenters. The molecule has 0 atom stereocenters. The number of hydrogen-bond acceptors (Lipinski definition) is 7. The minimum absolute atomic E-state index is 0.183. The largest absolute Gasteiger partial charge is 0.484 e. The number of rotatable bonds is 7. The molecule has 3 heterocycles. The summed E-state index contributed by atoms with van der Waals surface area (Å²) in [6.45, 7) is 6.62. The van der Waals surface area contributed by atoms with Crippen LogP contribution in [-0.4, -0.2) is 27.6 Å². The van der Waals surface area contributed by atoms with Gasteiger partial charge < -0.3 is 14.6 Å². The summed E-state index contributed by atoms with van der Waals surface area (Å²) in [5, 5.41) is 7.63. The molecule has 0 aliphatic carbocycles. The highest BCUT2D eigenvalue weighted by atomic mass is 32.1. The summed E-state index contributed by atoms with van der Waals surface area (Å²) in [5.74, 6) is 0.830. The van der Waals surface area contributed by atoms with Gasteiger partial charge in [0.25, 0.3) is 5.91 Å². The highest BCUT2D eigenvalue weighted by molar-refractivity contribution is 7.11. The van der Waals surface area contributed by atoms with Gasteiger partial charge in [0.15, 0.2) is 11.5 Å². The first-order valence-electron chi connectivity index (χ1n) is 8.23. The summed E-state index contributed by atoms with van der Waals surface area (Å²) in [5.41, 5.74) is 2.19. The van der Waals surface area contributed by atoms with Crippen LogP contribution in [0.5, 0.6) is 5.75 Å². The lowest BCUT2D eigenvalue weighted by molar-refractivity contribution is 0.0944. The molecule has 0 fully saturated rings. The molecule has 0 spiro atoms. The first-order valence-corrected chi connectivity index (χ1v) is 9.05. The number of thiazole rings is 1. The number of nitrogens with zero attached hydrogens (tertiary/aromatic N) is 3. The molecule has 1 amide bonds. The van der Waals surface area contributed by atoms with Crippen LogP contribution in [0.2, 0.25) is 0 Å². The Bertz CT molecular complexity index is 867. The molecule has 26 heavy (non-hydrogen) atoms. The molecule has 0 saturated carbocycles. The van der Waals surface area contributed by atoms with Gasteiger partial charge in [-0.3, -0.25) is 9.78 Å². The number of aryl methyl sites for hydroxylation is 3. The van der Waals surface area contributed by atoms with Gasteiger partial charge >= 0.3 is 0 Å². The van der Waals surface area contributed by atoms with Gasteiger partial charge in [-0.1, -0.05) is 5.16 Å². The van der Waals surface area contributed by atoms with Crippen molar-refractivity contribution in [3.05, 3.63) is 57.1 Å². The zero-order valence-electron chi connectivity index (χ0n) is 14.9. The maximum Gasteiger partial charge on any atom is 0.273 e. The molecule has 3 rings (SSSR count). The van der Waals surface area contributed by atoms with E-state index in [0.29, 0.717) is 24.5 Å². The van der Waals surface area contributed by atoms with E-state index in [2.05, 4.69) is 20.4 Å². The Balaban J connectivity index is 1.47. The third-order valence-electron chi connectivity index (χ3n) is 3.75. The molecule has 136 valence electrons. The first kappa shape index (κ1) is 18.1. The van der Waals surface area contributed by atoms with Crippen LogP contribution in [0.4, 0.5) is 0 Å². The van der Waals surface area contributed by atoms with Gasteiger partial charge in [-0.15, -0.1) is 11.3 Å². The van der Waals surface area contributed by atoms with E-state index < -0.39 is 0 Å². The number of carbonyl (C=O) groups excluding carboxylic acids is 1. The van der Waals surface area contributed by atoms with Crippen molar-refractivity contribution in [3.63, 3.8) is 0 Å². The lowest BCUT2D eigenvalue weighted by Crippen LogP contribution is -2.25. The smallest absolute Gasteiger partial charge is 0.273 e. The Labute approximate surface area is 155 Å². The zero-order chi connectivity index (χ0) is 18.5. The summed E-state index contributed by atoms with van der Waals surface area (Å²) in [7, 11) is 0. The molecule has 3 aromatic heterocycles. The van der Waals surface area contributed by atoms with Gasteiger partial charge in [0, 0.05) is 29.6 Å². The van der Waals surface area contributed by atoms with Crippen LogP contribution in [0, 0.1) is 20.8 Å². The van der Waals surface area contributed by atoms with E-state index >= 15 is 0 Å². The Hall–Kier alpha value is -2.74. The minimum Gasteiger partial charge on any atom is -0.484 e. The van der Waals surface area contributed by atoms with Crippen molar-refractivity contribution in [2.75, 3.05) is 6.54 Å². The predicted molar refractivity (Wildman–Crippen MR) is 97.4 cm³/mol. The Morgan fingerprint density at radius 1 is 1.31 bits per heavy atom. The maximum atomic E-state index is 12.1. The van der Waals surface area contributed by atoms with Gasteiger partial charge in [0.1, 0.15) is 12.4 Å². The number of carbonyl (C=O) groups is 1. The fourth-order valence-corrected chi connectivity index (χ4v) is 3.14. The molecule has 7 nitrogen and oxygen atoms in total. The average molecular weight is 372 g/mol. The molecule has 0 radical (unpaired) electrons. The molecule has 0 aliphatic rings. The molecular weight excluding hydrogens is 352 g/mol. The molecule has 0 saturated heterocycles. The summed E-state index contributed by atoms with van der Waals surface area (Å²) in [6, 6.07) is 5.27. The standard InChI is InChI=1S/C18H20N4O3S/c1-11-4-5-14(9-20-11)24-10-15-8-16(22-25-15)18(23)19-7-6-17-21-12(2)13(3)26-17/h4-5,8-9H,6-7,10H2,1-3H3,(H,19,23). The average Bonchev–Trinajstić information content (AvgIpc) is 3.21. The number of amides is 1. The normalized spacial score (nSPS) is 10.7. The Morgan fingerprint density at radius 2 is 2.15 bits per heavy atom. The van der Waals surface area contributed by atoms with E-state index in [1.54, 1.807) is 23.6 Å². The van der Waals surface area contributed by atoms with Crippen LogP contribution < -0.4 is 10.1 Å². The summed E-state index contributed by atoms with van der Waals surface area (Å²) in [4.78, 5) is 21.9. The van der Waals surface area contributed by atoms with E-state index in [4.69, 9.17) is 9.26 Å². The molecule has 0 aromatic carbocycles. The van der Waals surface area contributed by atoms with Crippen molar-refractivity contribution < 1.29 is 14.1 Å². The molecule has 1 N–H and O–H groups in total. The molecular formula is C18H20N4O3S. The van der Waals surface area contributed by atoms with E-state index in [0.717, 1.165) is 16.4 Å². The van der Waals surface area contributed by atoms with Crippen LogP contribution in [0.15, 0.2) is 28.9 Å². The van der Waals surface area contributed by atoms with Crippen LogP contribution in [0.1, 0.15) is 37.5 Å². The van der Waals surface area contributed by atoms with E-state index in [1.807, 2.05) is 32.9 Å². The molecule has 0 bridgehead atoms. The first-order chi connectivity index (χ1) is 12.5. The zero-order valence-corrected chi connectivity index (χ0v) is 15.7. The predicted octanol–water partition coefficient (Wildman–Crippen LogP) is 3.00. The van der Waals surface area contributed by atoms with Gasteiger partial charge in [0.05, 0.1) is 16.9 Å². The summed E-state index contributed by atoms with van der Waals surface area (Å²) in [6.07, 6.45) is 2.33. The van der Waals surface area contributed by atoms with E-state index in [1.165, 1.54) is 4.88 Å². The quantitative estimate of drug-likeness (QED) is 0.686. The molecule has 8 heteroatoms. The van der Waals surface area contributed by atoms with Crippen LogP contribution in [-0.2, 0) is 13.0 Å². The lowest BCUT2D eigenvalue weighted by Gasteiger charge is -2.02. The van der Waals surface area contributed by atoms with Crippen molar-refractivity contribution in [2.45, 2.75) is 33.8 Å². The highest BCUT2D eigenvalue weighted by Crippen LogP contribution is 2.16. The number of aromatic nitrogens is 3.